The van der Waals surface area contributed by atoms with E-state index in [1.807, 2.05) is 0 Å². The Kier molecular flexibility index (Phi) is 1.86. The molecule has 0 fully saturated rings. The van der Waals surface area contributed by atoms with Crippen molar-refractivity contribution >= 4 is 10.0 Å². The number of hydrogen-bond donors (Lipinski definition) is 2. The molecule has 7 heteroatoms. The summed E-state index contributed by atoms with van der Waals surface area (Å²) >= 11 is 0. The Balaban J connectivity index is 2.55. The number of aromatic nitrogens is 2. The van der Waals surface area contributed by atoms with E-state index in [9.17, 15) is 8.42 Å². The van der Waals surface area contributed by atoms with Crippen molar-refractivity contribution < 1.29 is 8.42 Å². The maximum absolute atomic E-state index is 11.1. The third kappa shape index (κ3) is 1.45. The first-order valence-electron chi connectivity index (χ1n) is 3.87. The summed E-state index contributed by atoms with van der Waals surface area (Å²) in [5.41, 5.74) is 0.647. The van der Waals surface area contributed by atoms with Gasteiger partial charge in [0.15, 0.2) is 0 Å². The third-order valence-electron chi connectivity index (χ3n) is 2.01. The standard InChI is InChI=1S/C6H10N4O2S/c7-13(11,12)6-4-9-10-2-1-8-3-5(6)10/h4,8H,1-3H2,(H2,7,11,12). The summed E-state index contributed by atoms with van der Waals surface area (Å²) in [5.74, 6) is 0. The van der Waals surface area contributed by atoms with Crippen molar-refractivity contribution in [2.75, 3.05) is 6.54 Å². The number of nitrogens with zero attached hydrogens (tertiary/aromatic N) is 2. The molecule has 1 aliphatic heterocycles. The number of nitrogens with two attached hydrogens (primary N) is 1. The van der Waals surface area contributed by atoms with Crippen LogP contribution in [-0.2, 0) is 23.1 Å². The first-order valence-corrected chi connectivity index (χ1v) is 5.42. The molecular formula is C6H10N4O2S. The number of sulfonamides is 1. The average Bonchev–Trinajstić information content (AvgIpc) is 2.45. The Morgan fingerprint density at radius 3 is 3.08 bits per heavy atom. The van der Waals surface area contributed by atoms with Crippen LogP contribution in [0.2, 0.25) is 0 Å². The van der Waals surface area contributed by atoms with E-state index in [0.717, 1.165) is 6.54 Å². The molecule has 0 saturated heterocycles. The van der Waals surface area contributed by atoms with Gasteiger partial charge in [-0.2, -0.15) is 5.10 Å². The van der Waals surface area contributed by atoms with Crippen molar-refractivity contribution in [3.63, 3.8) is 0 Å². The van der Waals surface area contributed by atoms with E-state index in [4.69, 9.17) is 5.14 Å². The molecule has 0 radical (unpaired) electrons. The highest BCUT2D eigenvalue weighted by molar-refractivity contribution is 7.89. The predicted molar refractivity (Wildman–Crippen MR) is 45.3 cm³/mol. The minimum Gasteiger partial charge on any atom is -0.309 e. The molecule has 3 N–H and O–H groups in total. The van der Waals surface area contributed by atoms with Crippen LogP contribution in [0.3, 0.4) is 0 Å². The predicted octanol–water partition coefficient (Wildman–Crippen LogP) is -1.37. The highest BCUT2D eigenvalue weighted by Gasteiger charge is 2.21. The van der Waals surface area contributed by atoms with Crippen LogP contribution >= 0.6 is 0 Å². The van der Waals surface area contributed by atoms with Gasteiger partial charge in [-0.05, 0) is 0 Å². The van der Waals surface area contributed by atoms with Crippen molar-refractivity contribution in [3.8, 4) is 0 Å². The van der Waals surface area contributed by atoms with E-state index in [1.54, 1.807) is 4.68 Å². The second kappa shape index (κ2) is 2.79. The first-order chi connectivity index (χ1) is 6.09. The van der Waals surface area contributed by atoms with E-state index in [2.05, 4.69) is 10.4 Å². The van der Waals surface area contributed by atoms with Gasteiger partial charge in [0.05, 0.1) is 18.4 Å². The maximum atomic E-state index is 11.1. The molecule has 1 aromatic rings. The molecule has 0 amide bonds. The molecule has 0 saturated carbocycles. The molecule has 13 heavy (non-hydrogen) atoms. The van der Waals surface area contributed by atoms with Crippen LogP contribution in [-0.4, -0.2) is 24.7 Å². The SMILES string of the molecule is NS(=O)(=O)c1cnn2c1CNCC2. The Labute approximate surface area is 75.8 Å². The molecule has 2 rings (SSSR count). The highest BCUT2D eigenvalue weighted by Crippen LogP contribution is 2.15. The first kappa shape index (κ1) is 8.67. The monoisotopic (exact) mass is 202 g/mol. The maximum Gasteiger partial charge on any atom is 0.241 e. The van der Waals surface area contributed by atoms with Crippen molar-refractivity contribution in [3.05, 3.63) is 11.9 Å². The van der Waals surface area contributed by atoms with Gasteiger partial charge >= 0.3 is 0 Å². The molecule has 0 unspecified atom stereocenters. The van der Waals surface area contributed by atoms with Gasteiger partial charge in [0.25, 0.3) is 0 Å². The largest absolute Gasteiger partial charge is 0.309 e. The van der Waals surface area contributed by atoms with E-state index in [-0.39, 0.29) is 4.90 Å². The number of fused-ring (bicyclic) bond motifs is 1. The summed E-state index contributed by atoms with van der Waals surface area (Å²) < 4.78 is 23.8. The fourth-order valence-electron chi connectivity index (χ4n) is 1.39. The third-order valence-corrected chi connectivity index (χ3v) is 2.96. The molecule has 2 heterocycles. The Bertz CT molecular complexity index is 422. The van der Waals surface area contributed by atoms with Crippen molar-refractivity contribution in [2.24, 2.45) is 5.14 Å². The van der Waals surface area contributed by atoms with E-state index in [1.165, 1.54) is 6.20 Å². The van der Waals surface area contributed by atoms with Gasteiger partial charge in [0.1, 0.15) is 4.90 Å². The van der Waals surface area contributed by atoms with Crippen LogP contribution in [0.1, 0.15) is 5.69 Å². The lowest BCUT2D eigenvalue weighted by Crippen LogP contribution is -2.30. The van der Waals surface area contributed by atoms with E-state index in [0.29, 0.717) is 18.8 Å². The van der Waals surface area contributed by atoms with Gasteiger partial charge in [-0.15, -0.1) is 0 Å². The van der Waals surface area contributed by atoms with Gasteiger partial charge in [-0.25, -0.2) is 13.6 Å². The Morgan fingerprint density at radius 2 is 2.38 bits per heavy atom. The topological polar surface area (TPSA) is 90.0 Å². The molecule has 1 aliphatic rings. The fraction of sp³-hybridized carbons (Fsp3) is 0.500. The van der Waals surface area contributed by atoms with Crippen molar-refractivity contribution in [1.29, 1.82) is 0 Å². The minimum atomic E-state index is -3.62. The molecule has 6 nitrogen and oxygen atoms in total. The molecule has 0 aromatic carbocycles. The summed E-state index contributed by atoms with van der Waals surface area (Å²) in [7, 11) is -3.62. The quantitative estimate of drug-likeness (QED) is 0.588. The number of rotatable bonds is 1. The molecule has 0 atom stereocenters. The van der Waals surface area contributed by atoms with E-state index < -0.39 is 10.0 Å². The van der Waals surface area contributed by atoms with Crippen molar-refractivity contribution in [2.45, 2.75) is 18.0 Å². The minimum absolute atomic E-state index is 0.125. The highest BCUT2D eigenvalue weighted by atomic mass is 32.2. The van der Waals surface area contributed by atoms with Gasteiger partial charge in [0, 0.05) is 13.1 Å². The van der Waals surface area contributed by atoms with Crippen LogP contribution in [0.25, 0.3) is 0 Å². The van der Waals surface area contributed by atoms with Gasteiger partial charge in [0.2, 0.25) is 10.0 Å². The lowest BCUT2D eigenvalue weighted by atomic mass is 10.3. The fourth-order valence-corrected chi connectivity index (χ4v) is 2.09. The normalized spacial score (nSPS) is 17.0. The van der Waals surface area contributed by atoms with Gasteiger partial charge in [-0.3, -0.25) is 4.68 Å². The summed E-state index contributed by atoms with van der Waals surface area (Å²) in [6.45, 7) is 2.00. The van der Waals surface area contributed by atoms with Crippen LogP contribution in [0.5, 0.6) is 0 Å². The summed E-state index contributed by atoms with van der Waals surface area (Å²) in [6, 6.07) is 0. The average molecular weight is 202 g/mol. The molecule has 0 bridgehead atoms. The van der Waals surface area contributed by atoms with Crippen LogP contribution in [0.15, 0.2) is 11.1 Å². The second-order valence-electron chi connectivity index (χ2n) is 2.90. The number of hydrogen-bond acceptors (Lipinski definition) is 4. The lowest BCUT2D eigenvalue weighted by Gasteiger charge is -2.15. The number of primary sulfonamides is 1. The van der Waals surface area contributed by atoms with Crippen LogP contribution < -0.4 is 10.5 Å². The zero-order chi connectivity index (χ0) is 9.47. The zero-order valence-electron chi connectivity index (χ0n) is 6.90. The lowest BCUT2D eigenvalue weighted by molar-refractivity contribution is 0.470. The Hall–Kier alpha value is -0.920. The van der Waals surface area contributed by atoms with Gasteiger partial charge in [-0.1, -0.05) is 0 Å². The van der Waals surface area contributed by atoms with Crippen LogP contribution in [0, 0.1) is 0 Å². The van der Waals surface area contributed by atoms with Gasteiger partial charge < -0.3 is 5.32 Å². The summed E-state index contributed by atoms with van der Waals surface area (Å²) in [4.78, 5) is 0.125. The summed E-state index contributed by atoms with van der Waals surface area (Å²) in [6.07, 6.45) is 1.30. The molecule has 0 aliphatic carbocycles. The molecule has 0 spiro atoms. The van der Waals surface area contributed by atoms with E-state index >= 15 is 0 Å². The number of nitrogens with one attached hydrogen (secondary N) is 1. The molecule has 72 valence electrons. The zero-order valence-corrected chi connectivity index (χ0v) is 7.71. The second-order valence-corrected chi connectivity index (χ2v) is 4.43. The van der Waals surface area contributed by atoms with Crippen molar-refractivity contribution in [1.82, 2.24) is 15.1 Å². The summed E-state index contributed by atoms with van der Waals surface area (Å²) in [5, 5.41) is 12.0. The smallest absolute Gasteiger partial charge is 0.241 e. The molecule has 1 aromatic heterocycles. The Morgan fingerprint density at radius 1 is 1.62 bits per heavy atom. The van der Waals surface area contributed by atoms with Crippen LogP contribution in [0.4, 0.5) is 0 Å². The molecular weight excluding hydrogens is 192 g/mol.